The molecule has 3 heteroatoms. The highest BCUT2D eigenvalue weighted by molar-refractivity contribution is 5.16. The van der Waals surface area contributed by atoms with Crippen LogP contribution in [0.2, 0.25) is 0 Å². The van der Waals surface area contributed by atoms with Gasteiger partial charge in [-0.05, 0) is 44.5 Å². The maximum absolute atomic E-state index is 5.60. The minimum atomic E-state index is 0.698. The summed E-state index contributed by atoms with van der Waals surface area (Å²) < 4.78 is 5.60. The normalized spacial score (nSPS) is 17.1. The second-order valence-electron chi connectivity index (χ2n) is 5.38. The van der Waals surface area contributed by atoms with Crippen LogP contribution in [0.4, 0.5) is 0 Å². The van der Waals surface area contributed by atoms with Crippen molar-refractivity contribution >= 4 is 0 Å². The minimum Gasteiger partial charge on any atom is -0.468 e. The fourth-order valence-corrected chi connectivity index (χ4v) is 2.30. The smallest absolute Gasteiger partial charge is 0.122 e. The van der Waals surface area contributed by atoms with Gasteiger partial charge in [-0.2, -0.15) is 0 Å². The summed E-state index contributed by atoms with van der Waals surface area (Å²) in [5.41, 5.74) is 1.32. The molecular formula is C14H24N2O. The summed E-state index contributed by atoms with van der Waals surface area (Å²) in [6.07, 6.45) is 4.49. The fraction of sp³-hybridized carbons (Fsp3) is 0.714. The summed E-state index contributed by atoms with van der Waals surface area (Å²) in [7, 11) is 0. The van der Waals surface area contributed by atoms with E-state index in [-0.39, 0.29) is 0 Å². The summed E-state index contributed by atoms with van der Waals surface area (Å²) in [5, 5.41) is 3.47. The molecular weight excluding hydrogens is 212 g/mol. The van der Waals surface area contributed by atoms with Gasteiger partial charge in [0.05, 0.1) is 12.8 Å². The number of hydrogen-bond acceptors (Lipinski definition) is 3. The molecule has 0 saturated carbocycles. The molecule has 1 aromatic heterocycles. The maximum Gasteiger partial charge on any atom is 0.122 e. The number of nitrogens with one attached hydrogen (secondary N) is 1. The van der Waals surface area contributed by atoms with Gasteiger partial charge in [0.25, 0.3) is 0 Å². The Kier molecular flexibility index (Phi) is 4.63. The van der Waals surface area contributed by atoms with Crippen LogP contribution in [0.3, 0.4) is 0 Å². The molecule has 0 unspecified atom stereocenters. The van der Waals surface area contributed by atoms with Crippen LogP contribution in [-0.4, -0.2) is 24.5 Å². The van der Waals surface area contributed by atoms with E-state index >= 15 is 0 Å². The monoisotopic (exact) mass is 236 g/mol. The summed E-state index contributed by atoms with van der Waals surface area (Å²) in [6.45, 7) is 9.87. The van der Waals surface area contributed by atoms with Gasteiger partial charge in [0.15, 0.2) is 0 Å². The molecule has 0 aromatic carbocycles. The van der Waals surface area contributed by atoms with Gasteiger partial charge < -0.3 is 9.73 Å². The quantitative estimate of drug-likeness (QED) is 0.823. The summed E-state index contributed by atoms with van der Waals surface area (Å²) in [6, 6.07) is 2.10. The third-order valence-corrected chi connectivity index (χ3v) is 3.27. The Morgan fingerprint density at radius 1 is 1.35 bits per heavy atom. The molecule has 1 fully saturated rings. The molecule has 1 aromatic rings. The summed E-state index contributed by atoms with van der Waals surface area (Å²) >= 11 is 0. The SMILES string of the molecule is CC(C)CNCc1ccoc1CN1CCCC1. The van der Waals surface area contributed by atoms with E-state index in [1.165, 1.54) is 31.5 Å². The third-order valence-electron chi connectivity index (χ3n) is 3.27. The average molecular weight is 236 g/mol. The summed E-state index contributed by atoms with van der Waals surface area (Å²) in [5.74, 6) is 1.84. The van der Waals surface area contributed by atoms with Gasteiger partial charge in [-0.3, -0.25) is 4.90 Å². The van der Waals surface area contributed by atoms with Crippen molar-refractivity contribution in [3.05, 3.63) is 23.7 Å². The topological polar surface area (TPSA) is 28.4 Å². The standard InChI is InChI=1S/C14H24N2O/c1-12(2)9-15-10-13-5-8-17-14(13)11-16-6-3-4-7-16/h5,8,12,15H,3-4,6-7,9-11H2,1-2H3. The molecule has 2 heterocycles. The Bertz CT molecular complexity index is 327. The molecule has 1 aliphatic rings. The van der Waals surface area contributed by atoms with E-state index in [0.717, 1.165) is 25.4 Å². The number of furan rings is 1. The zero-order valence-corrected chi connectivity index (χ0v) is 11.0. The van der Waals surface area contributed by atoms with Crippen molar-refractivity contribution in [2.24, 2.45) is 5.92 Å². The van der Waals surface area contributed by atoms with Crippen molar-refractivity contribution < 1.29 is 4.42 Å². The maximum atomic E-state index is 5.60. The molecule has 1 saturated heterocycles. The molecule has 0 aliphatic carbocycles. The first kappa shape index (κ1) is 12.7. The molecule has 96 valence electrons. The van der Waals surface area contributed by atoms with Crippen LogP contribution in [0.1, 0.15) is 38.0 Å². The first-order valence-electron chi connectivity index (χ1n) is 6.74. The summed E-state index contributed by atoms with van der Waals surface area (Å²) in [4.78, 5) is 2.48. The minimum absolute atomic E-state index is 0.698. The molecule has 3 nitrogen and oxygen atoms in total. The third kappa shape index (κ3) is 3.86. The van der Waals surface area contributed by atoms with E-state index in [9.17, 15) is 0 Å². The molecule has 0 radical (unpaired) electrons. The highest BCUT2D eigenvalue weighted by Gasteiger charge is 2.15. The van der Waals surface area contributed by atoms with Crippen LogP contribution < -0.4 is 5.32 Å². The van der Waals surface area contributed by atoms with Crippen LogP contribution in [-0.2, 0) is 13.1 Å². The van der Waals surface area contributed by atoms with E-state index in [1.807, 2.05) is 6.26 Å². The van der Waals surface area contributed by atoms with E-state index in [4.69, 9.17) is 4.42 Å². The van der Waals surface area contributed by atoms with E-state index in [0.29, 0.717) is 5.92 Å². The molecule has 0 spiro atoms. The lowest BCUT2D eigenvalue weighted by Gasteiger charge is -2.14. The largest absolute Gasteiger partial charge is 0.468 e. The Morgan fingerprint density at radius 3 is 2.82 bits per heavy atom. The van der Waals surface area contributed by atoms with Crippen LogP contribution >= 0.6 is 0 Å². The van der Waals surface area contributed by atoms with Crippen molar-refractivity contribution in [1.29, 1.82) is 0 Å². The van der Waals surface area contributed by atoms with Crippen molar-refractivity contribution in [3.63, 3.8) is 0 Å². The van der Waals surface area contributed by atoms with Gasteiger partial charge in [-0.1, -0.05) is 13.8 Å². The zero-order chi connectivity index (χ0) is 12.1. The molecule has 0 atom stereocenters. The van der Waals surface area contributed by atoms with Gasteiger partial charge in [0, 0.05) is 12.1 Å². The molecule has 1 aliphatic heterocycles. The molecule has 17 heavy (non-hydrogen) atoms. The van der Waals surface area contributed by atoms with E-state index in [2.05, 4.69) is 30.1 Å². The van der Waals surface area contributed by atoms with Crippen LogP contribution in [0, 0.1) is 5.92 Å². The highest BCUT2D eigenvalue weighted by Crippen LogP contribution is 2.17. The number of rotatable bonds is 6. The van der Waals surface area contributed by atoms with Crippen LogP contribution in [0.15, 0.2) is 16.7 Å². The zero-order valence-electron chi connectivity index (χ0n) is 11.0. The van der Waals surface area contributed by atoms with Gasteiger partial charge in [0.2, 0.25) is 0 Å². The lowest BCUT2D eigenvalue weighted by molar-refractivity contribution is 0.295. The predicted molar refractivity (Wildman–Crippen MR) is 69.8 cm³/mol. The van der Waals surface area contributed by atoms with Crippen molar-refractivity contribution in [2.45, 2.75) is 39.8 Å². The van der Waals surface area contributed by atoms with Crippen molar-refractivity contribution in [3.8, 4) is 0 Å². The first-order chi connectivity index (χ1) is 8.25. The fourth-order valence-electron chi connectivity index (χ4n) is 2.30. The van der Waals surface area contributed by atoms with Crippen molar-refractivity contribution in [1.82, 2.24) is 10.2 Å². The second kappa shape index (κ2) is 6.22. The van der Waals surface area contributed by atoms with Gasteiger partial charge >= 0.3 is 0 Å². The number of likely N-dealkylation sites (tertiary alicyclic amines) is 1. The molecule has 0 amide bonds. The predicted octanol–water partition coefficient (Wildman–Crippen LogP) is 2.62. The van der Waals surface area contributed by atoms with Gasteiger partial charge in [-0.25, -0.2) is 0 Å². The molecule has 2 rings (SSSR count). The van der Waals surface area contributed by atoms with Gasteiger partial charge in [0.1, 0.15) is 5.76 Å². The Morgan fingerprint density at radius 2 is 2.12 bits per heavy atom. The number of nitrogens with zero attached hydrogens (tertiary/aromatic N) is 1. The molecule has 0 bridgehead atoms. The Balaban J connectivity index is 1.83. The molecule has 1 N–H and O–H groups in total. The highest BCUT2D eigenvalue weighted by atomic mass is 16.3. The van der Waals surface area contributed by atoms with Crippen molar-refractivity contribution in [2.75, 3.05) is 19.6 Å². The van der Waals surface area contributed by atoms with E-state index < -0.39 is 0 Å². The van der Waals surface area contributed by atoms with Crippen LogP contribution in [0.25, 0.3) is 0 Å². The average Bonchev–Trinajstić information content (AvgIpc) is 2.91. The van der Waals surface area contributed by atoms with Gasteiger partial charge in [-0.15, -0.1) is 0 Å². The Hall–Kier alpha value is -0.800. The first-order valence-corrected chi connectivity index (χ1v) is 6.74. The lowest BCUT2D eigenvalue weighted by Crippen LogP contribution is -2.22. The number of hydrogen-bond donors (Lipinski definition) is 1. The van der Waals surface area contributed by atoms with E-state index in [1.54, 1.807) is 0 Å². The second-order valence-corrected chi connectivity index (χ2v) is 5.38. The van der Waals surface area contributed by atoms with Crippen LogP contribution in [0.5, 0.6) is 0 Å². The Labute approximate surface area is 104 Å². The lowest BCUT2D eigenvalue weighted by atomic mass is 10.2.